The summed E-state index contributed by atoms with van der Waals surface area (Å²) in [5.74, 6) is -1.96. The summed E-state index contributed by atoms with van der Waals surface area (Å²) in [6.07, 6.45) is -4.04. The number of amides is 1. The number of furan rings is 1. The third-order valence-electron chi connectivity index (χ3n) is 3.44. The van der Waals surface area contributed by atoms with Gasteiger partial charge in [-0.1, -0.05) is 19.1 Å². The van der Waals surface area contributed by atoms with Gasteiger partial charge in [-0.05, 0) is 24.1 Å². The average Bonchev–Trinajstić information content (AvgIpc) is 3.00. The zero-order valence-electron chi connectivity index (χ0n) is 13.7. The number of aromatic carboxylic acids is 1. The van der Waals surface area contributed by atoms with Crippen molar-refractivity contribution in [3.8, 4) is 5.75 Å². The predicted molar refractivity (Wildman–Crippen MR) is 84.2 cm³/mol. The zero-order valence-corrected chi connectivity index (χ0v) is 13.7. The van der Waals surface area contributed by atoms with Crippen LogP contribution in [-0.4, -0.2) is 29.9 Å². The van der Waals surface area contributed by atoms with E-state index < -0.39 is 18.2 Å². The molecule has 0 atom stereocenters. The summed E-state index contributed by atoms with van der Waals surface area (Å²) >= 11 is 0. The molecule has 0 aliphatic rings. The van der Waals surface area contributed by atoms with E-state index in [1.807, 2.05) is 0 Å². The van der Waals surface area contributed by atoms with E-state index in [0.717, 1.165) is 0 Å². The summed E-state index contributed by atoms with van der Waals surface area (Å²) in [4.78, 5) is 23.1. The standard InChI is InChI=1S/C17H16F3NO5/c1-2-13-12(16(23)24)9-14(25-13)15(22)21-8-7-10-3-5-11(6-4-10)26-17(18,19)20/h3-6,9H,2,7-8H2,1H3,(H,21,22)(H,23,24). The van der Waals surface area contributed by atoms with Crippen molar-refractivity contribution >= 4 is 11.9 Å². The van der Waals surface area contributed by atoms with Crippen LogP contribution in [0.25, 0.3) is 0 Å². The summed E-state index contributed by atoms with van der Waals surface area (Å²) in [5.41, 5.74) is 0.637. The first kappa shape index (κ1) is 19.4. The second-order valence-electron chi connectivity index (χ2n) is 5.30. The Hall–Kier alpha value is -2.97. The quantitative estimate of drug-likeness (QED) is 0.779. The van der Waals surface area contributed by atoms with E-state index in [1.165, 1.54) is 30.3 Å². The van der Waals surface area contributed by atoms with Crippen LogP contribution in [-0.2, 0) is 12.8 Å². The van der Waals surface area contributed by atoms with Gasteiger partial charge in [0.1, 0.15) is 17.1 Å². The first-order valence-electron chi connectivity index (χ1n) is 7.68. The number of rotatable bonds is 7. The van der Waals surface area contributed by atoms with Gasteiger partial charge in [-0.2, -0.15) is 0 Å². The Morgan fingerprint density at radius 1 is 1.23 bits per heavy atom. The molecule has 0 aliphatic heterocycles. The number of carboxylic acids is 1. The topological polar surface area (TPSA) is 88.8 Å². The van der Waals surface area contributed by atoms with Crippen LogP contribution in [0, 0.1) is 0 Å². The Morgan fingerprint density at radius 2 is 1.88 bits per heavy atom. The second kappa shape index (κ2) is 7.94. The van der Waals surface area contributed by atoms with Gasteiger partial charge < -0.3 is 19.6 Å². The SMILES string of the molecule is CCc1oc(C(=O)NCCc2ccc(OC(F)(F)F)cc2)cc1C(=O)O. The molecule has 1 heterocycles. The lowest BCUT2D eigenvalue weighted by Crippen LogP contribution is -2.25. The number of alkyl halides is 3. The Kier molecular flexibility index (Phi) is 5.91. The number of nitrogens with one attached hydrogen (secondary N) is 1. The maximum absolute atomic E-state index is 12.1. The third-order valence-corrected chi connectivity index (χ3v) is 3.44. The van der Waals surface area contributed by atoms with Crippen LogP contribution in [0.5, 0.6) is 5.75 Å². The molecule has 1 aromatic carbocycles. The molecule has 0 aliphatic carbocycles. The Bertz CT molecular complexity index is 781. The number of hydrogen-bond acceptors (Lipinski definition) is 4. The summed E-state index contributed by atoms with van der Waals surface area (Å²) in [6, 6.07) is 6.45. The first-order valence-corrected chi connectivity index (χ1v) is 7.68. The number of carboxylic acid groups (broad SMARTS) is 1. The van der Waals surface area contributed by atoms with Gasteiger partial charge in [-0.3, -0.25) is 4.79 Å². The van der Waals surface area contributed by atoms with E-state index in [9.17, 15) is 22.8 Å². The molecule has 1 amide bonds. The molecule has 2 aromatic rings. The highest BCUT2D eigenvalue weighted by atomic mass is 19.4. The third kappa shape index (κ3) is 5.27. The Balaban J connectivity index is 1.89. The van der Waals surface area contributed by atoms with Crippen molar-refractivity contribution in [2.45, 2.75) is 26.1 Å². The highest BCUT2D eigenvalue weighted by Crippen LogP contribution is 2.22. The molecule has 9 heteroatoms. The van der Waals surface area contributed by atoms with E-state index in [1.54, 1.807) is 6.92 Å². The van der Waals surface area contributed by atoms with E-state index in [2.05, 4.69) is 10.1 Å². The molecule has 26 heavy (non-hydrogen) atoms. The van der Waals surface area contributed by atoms with Crippen molar-refractivity contribution in [1.82, 2.24) is 5.32 Å². The van der Waals surface area contributed by atoms with Crippen molar-refractivity contribution in [2.24, 2.45) is 0 Å². The molecule has 0 fully saturated rings. The zero-order chi connectivity index (χ0) is 19.3. The predicted octanol–water partition coefficient (Wildman–Crippen LogP) is 3.41. The van der Waals surface area contributed by atoms with Crippen LogP contribution in [0.4, 0.5) is 13.2 Å². The minimum Gasteiger partial charge on any atom is -0.478 e. The molecule has 0 unspecified atom stereocenters. The largest absolute Gasteiger partial charge is 0.573 e. The molecule has 2 N–H and O–H groups in total. The number of carbonyl (C=O) groups excluding carboxylic acids is 1. The fourth-order valence-corrected chi connectivity index (χ4v) is 2.25. The molecular weight excluding hydrogens is 355 g/mol. The molecule has 0 saturated heterocycles. The average molecular weight is 371 g/mol. The van der Waals surface area contributed by atoms with Gasteiger partial charge >= 0.3 is 12.3 Å². The maximum atomic E-state index is 12.1. The van der Waals surface area contributed by atoms with Crippen LogP contribution in [0.1, 0.15) is 39.2 Å². The lowest BCUT2D eigenvalue weighted by molar-refractivity contribution is -0.274. The van der Waals surface area contributed by atoms with Gasteiger partial charge in [-0.15, -0.1) is 13.2 Å². The van der Waals surface area contributed by atoms with Gasteiger partial charge in [0.25, 0.3) is 5.91 Å². The smallest absolute Gasteiger partial charge is 0.478 e. The van der Waals surface area contributed by atoms with E-state index in [-0.39, 0.29) is 29.4 Å². The van der Waals surface area contributed by atoms with Gasteiger partial charge in [0, 0.05) is 19.0 Å². The Morgan fingerprint density at radius 3 is 2.38 bits per heavy atom. The van der Waals surface area contributed by atoms with Crippen LogP contribution in [0.2, 0.25) is 0 Å². The molecular formula is C17H16F3NO5. The summed E-state index contributed by atoms with van der Waals surface area (Å²) in [5, 5.41) is 11.6. The maximum Gasteiger partial charge on any atom is 0.573 e. The number of halogens is 3. The molecule has 0 bridgehead atoms. The lowest BCUT2D eigenvalue weighted by Gasteiger charge is -2.09. The van der Waals surface area contributed by atoms with E-state index >= 15 is 0 Å². The molecule has 6 nitrogen and oxygen atoms in total. The van der Waals surface area contributed by atoms with Gasteiger partial charge in [-0.25, -0.2) is 4.79 Å². The fraction of sp³-hybridized carbons (Fsp3) is 0.294. The molecule has 0 spiro atoms. The van der Waals surface area contributed by atoms with Crippen molar-refractivity contribution in [3.05, 3.63) is 53.0 Å². The van der Waals surface area contributed by atoms with E-state index in [4.69, 9.17) is 9.52 Å². The highest BCUT2D eigenvalue weighted by molar-refractivity contribution is 5.96. The monoisotopic (exact) mass is 371 g/mol. The number of ether oxygens (including phenoxy) is 1. The summed E-state index contributed by atoms with van der Waals surface area (Å²) in [7, 11) is 0. The molecule has 2 rings (SSSR count). The number of carbonyl (C=O) groups is 2. The number of hydrogen-bond donors (Lipinski definition) is 2. The first-order chi connectivity index (χ1) is 12.2. The lowest BCUT2D eigenvalue weighted by atomic mass is 10.1. The van der Waals surface area contributed by atoms with Crippen molar-refractivity contribution in [2.75, 3.05) is 6.54 Å². The normalized spacial score (nSPS) is 11.2. The van der Waals surface area contributed by atoms with Gasteiger partial charge in [0.15, 0.2) is 5.76 Å². The second-order valence-corrected chi connectivity index (χ2v) is 5.30. The van der Waals surface area contributed by atoms with Crippen molar-refractivity contribution < 1.29 is 37.0 Å². The molecule has 0 radical (unpaired) electrons. The van der Waals surface area contributed by atoms with Crippen LogP contribution in [0.3, 0.4) is 0 Å². The minimum atomic E-state index is -4.75. The van der Waals surface area contributed by atoms with Gasteiger partial charge in [0.05, 0.1) is 0 Å². The van der Waals surface area contributed by atoms with Gasteiger partial charge in [0.2, 0.25) is 0 Å². The highest BCUT2D eigenvalue weighted by Gasteiger charge is 2.30. The van der Waals surface area contributed by atoms with Crippen molar-refractivity contribution in [3.63, 3.8) is 0 Å². The van der Waals surface area contributed by atoms with Crippen LogP contribution in [0.15, 0.2) is 34.7 Å². The summed E-state index contributed by atoms with van der Waals surface area (Å²) < 4.78 is 45.3. The minimum absolute atomic E-state index is 0.0575. The molecule has 0 saturated carbocycles. The molecule has 1 aromatic heterocycles. The van der Waals surface area contributed by atoms with Crippen molar-refractivity contribution in [1.29, 1.82) is 0 Å². The number of aryl methyl sites for hydroxylation is 1. The number of benzene rings is 1. The van der Waals surface area contributed by atoms with E-state index in [0.29, 0.717) is 18.4 Å². The fourth-order valence-electron chi connectivity index (χ4n) is 2.25. The Labute approximate surface area is 146 Å². The van der Waals surface area contributed by atoms with Crippen LogP contribution < -0.4 is 10.1 Å². The summed E-state index contributed by atoms with van der Waals surface area (Å²) in [6.45, 7) is 1.90. The van der Waals surface area contributed by atoms with Crippen LogP contribution >= 0.6 is 0 Å². The molecule has 140 valence electrons.